The van der Waals surface area contributed by atoms with Gasteiger partial charge in [-0.25, -0.2) is 4.98 Å². The van der Waals surface area contributed by atoms with Crippen molar-refractivity contribution in [3.8, 4) is 0 Å². The predicted molar refractivity (Wildman–Crippen MR) is 90.1 cm³/mol. The van der Waals surface area contributed by atoms with Crippen LogP contribution < -0.4 is 10.2 Å². The van der Waals surface area contributed by atoms with Crippen molar-refractivity contribution in [2.45, 2.75) is 39.3 Å². The van der Waals surface area contributed by atoms with Crippen molar-refractivity contribution < 1.29 is 0 Å². The minimum absolute atomic E-state index is 0.629. The van der Waals surface area contributed by atoms with Gasteiger partial charge < -0.3 is 10.2 Å². The summed E-state index contributed by atoms with van der Waals surface area (Å²) in [5, 5.41) is 3.72. The SMILES string of the molecule is Cc1cc(CNC2CCN(c3ccccn3)CC2)c(C)s1. The Morgan fingerprint density at radius 3 is 2.71 bits per heavy atom. The third-order valence-corrected chi connectivity index (χ3v) is 5.20. The van der Waals surface area contributed by atoms with E-state index in [0.29, 0.717) is 6.04 Å². The predicted octanol–water partition coefficient (Wildman–Crippen LogP) is 3.52. The molecule has 0 radical (unpaired) electrons. The molecule has 0 unspecified atom stereocenters. The van der Waals surface area contributed by atoms with Crippen molar-refractivity contribution in [1.29, 1.82) is 0 Å². The van der Waals surface area contributed by atoms with Gasteiger partial charge in [0, 0.05) is 41.6 Å². The molecule has 1 saturated heterocycles. The Kier molecular flexibility index (Phi) is 4.56. The fraction of sp³-hybridized carbons (Fsp3) is 0.471. The highest BCUT2D eigenvalue weighted by Crippen LogP contribution is 2.22. The number of anilines is 1. The molecule has 1 aliphatic rings. The lowest BCUT2D eigenvalue weighted by molar-refractivity contribution is 0.412. The first-order valence-corrected chi connectivity index (χ1v) is 8.49. The molecule has 2 aromatic rings. The number of thiophene rings is 1. The first-order chi connectivity index (χ1) is 10.2. The van der Waals surface area contributed by atoms with Gasteiger partial charge in [0.15, 0.2) is 0 Å². The molecule has 1 fully saturated rings. The third kappa shape index (κ3) is 3.63. The fourth-order valence-corrected chi connectivity index (χ4v) is 3.91. The quantitative estimate of drug-likeness (QED) is 0.936. The largest absolute Gasteiger partial charge is 0.357 e. The lowest BCUT2D eigenvalue weighted by Gasteiger charge is -2.33. The number of hydrogen-bond donors (Lipinski definition) is 1. The molecular formula is C17H23N3S. The van der Waals surface area contributed by atoms with Gasteiger partial charge in [0.05, 0.1) is 0 Å². The van der Waals surface area contributed by atoms with Gasteiger partial charge in [-0.1, -0.05) is 6.07 Å². The van der Waals surface area contributed by atoms with Crippen molar-refractivity contribution in [2.24, 2.45) is 0 Å². The van der Waals surface area contributed by atoms with Crippen LogP contribution in [0.4, 0.5) is 5.82 Å². The molecule has 21 heavy (non-hydrogen) atoms. The maximum atomic E-state index is 4.44. The van der Waals surface area contributed by atoms with E-state index in [-0.39, 0.29) is 0 Å². The first kappa shape index (κ1) is 14.5. The second-order valence-corrected chi connectivity index (χ2v) is 7.23. The van der Waals surface area contributed by atoms with Crippen molar-refractivity contribution in [3.05, 3.63) is 45.8 Å². The molecule has 3 rings (SSSR count). The van der Waals surface area contributed by atoms with Crippen LogP contribution in [0.1, 0.15) is 28.2 Å². The van der Waals surface area contributed by atoms with Gasteiger partial charge in [0.25, 0.3) is 0 Å². The molecule has 112 valence electrons. The van der Waals surface area contributed by atoms with E-state index in [1.54, 1.807) is 0 Å². The maximum Gasteiger partial charge on any atom is 0.128 e. The Balaban J connectivity index is 1.49. The summed E-state index contributed by atoms with van der Waals surface area (Å²) in [4.78, 5) is 9.69. The van der Waals surface area contributed by atoms with Crippen LogP contribution in [-0.4, -0.2) is 24.1 Å². The Morgan fingerprint density at radius 2 is 2.10 bits per heavy atom. The monoisotopic (exact) mass is 301 g/mol. The summed E-state index contributed by atoms with van der Waals surface area (Å²) in [5.74, 6) is 1.11. The lowest BCUT2D eigenvalue weighted by Crippen LogP contribution is -2.42. The number of piperidine rings is 1. The maximum absolute atomic E-state index is 4.44. The summed E-state index contributed by atoms with van der Waals surface area (Å²) in [6.45, 7) is 7.60. The average molecular weight is 301 g/mol. The van der Waals surface area contributed by atoms with Crippen molar-refractivity contribution >= 4 is 17.2 Å². The number of nitrogens with one attached hydrogen (secondary N) is 1. The molecule has 0 aliphatic carbocycles. The molecule has 0 spiro atoms. The zero-order chi connectivity index (χ0) is 14.7. The van der Waals surface area contributed by atoms with E-state index >= 15 is 0 Å². The summed E-state index contributed by atoms with van der Waals surface area (Å²) < 4.78 is 0. The molecule has 2 aromatic heterocycles. The van der Waals surface area contributed by atoms with Gasteiger partial charge >= 0.3 is 0 Å². The topological polar surface area (TPSA) is 28.2 Å². The molecule has 0 aromatic carbocycles. The number of nitrogens with zero attached hydrogens (tertiary/aromatic N) is 2. The summed E-state index contributed by atoms with van der Waals surface area (Å²) in [7, 11) is 0. The Labute approximate surface area is 131 Å². The summed E-state index contributed by atoms with van der Waals surface area (Å²) in [6.07, 6.45) is 4.26. The Hall–Kier alpha value is -1.39. The van der Waals surface area contributed by atoms with Crippen LogP contribution in [0.5, 0.6) is 0 Å². The van der Waals surface area contributed by atoms with E-state index in [2.05, 4.69) is 47.2 Å². The van der Waals surface area contributed by atoms with Crippen LogP contribution in [-0.2, 0) is 6.54 Å². The zero-order valence-electron chi connectivity index (χ0n) is 12.8. The van der Waals surface area contributed by atoms with E-state index in [1.807, 2.05) is 23.6 Å². The second kappa shape index (κ2) is 6.58. The highest BCUT2D eigenvalue weighted by molar-refractivity contribution is 7.12. The van der Waals surface area contributed by atoms with Crippen LogP contribution in [0.25, 0.3) is 0 Å². The smallest absolute Gasteiger partial charge is 0.128 e. The minimum Gasteiger partial charge on any atom is -0.357 e. The standard InChI is InChI=1S/C17H23N3S/c1-13-11-15(14(2)21-13)12-19-16-6-9-20(10-7-16)17-5-3-4-8-18-17/h3-5,8,11,16,19H,6-7,9-10,12H2,1-2H3. The minimum atomic E-state index is 0.629. The highest BCUT2D eigenvalue weighted by atomic mass is 32.1. The van der Waals surface area contributed by atoms with Crippen molar-refractivity contribution in [3.63, 3.8) is 0 Å². The van der Waals surface area contributed by atoms with Gasteiger partial charge in [0.2, 0.25) is 0 Å². The molecule has 1 aliphatic heterocycles. The van der Waals surface area contributed by atoms with Gasteiger partial charge in [-0.3, -0.25) is 0 Å². The molecule has 4 heteroatoms. The molecule has 0 bridgehead atoms. The van der Waals surface area contributed by atoms with Crippen LogP contribution in [0.15, 0.2) is 30.5 Å². The Morgan fingerprint density at radius 1 is 1.29 bits per heavy atom. The molecule has 3 heterocycles. The third-order valence-electron chi connectivity index (χ3n) is 4.19. The summed E-state index contributed by atoms with van der Waals surface area (Å²) in [5.41, 5.74) is 1.46. The van der Waals surface area contributed by atoms with Crippen LogP contribution in [0, 0.1) is 13.8 Å². The van der Waals surface area contributed by atoms with Gasteiger partial charge in [0.1, 0.15) is 5.82 Å². The van der Waals surface area contributed by atoms with E-state index < -0.39 is 0 Å². The average Bonchev–Trinajstić information content (AvgIpc) is 2.84. The number of rotatable bonds is 4. The molecule has 1 N–H and O–H groups in total. The van der Waals surface area contributed by atoms with Gasteiger partial charge in [-0.2, -0.15) is 0 Å². The van der Waals surface area contributed by atoms with E-state index in [1.165, 1.54) is 28.2 Å². The number of aromatic nitrogens is 1. The molecule has 0 saturated carbocycles. The van der Waals surface area contributed by atoms with Crippen LogP contribution >= 0.6 is 11.3 Å². The van der Waals surface area contributed by atoms with Crippen LogP contribution in [0.2, 0.25) is 0 Å². The zero-order valence-corrected chi connectivity index (χ0v) is 13.6. The Bertz CT molecular complexity index is 571. The summed E-state index contributed by atoms with van der Waals surface area (Å²) >= 11 is 1.90. The van der Waals surface area contributed by atoms with Gasteiger partial charge in [-0.15, -0.1) is 11.3 Å². The summed E-state index contributed by atoms with van der Waals surface area (Å²) in [6, 6.07) is 9.09. The van der Waals surface area contributed by atoms with Crippen molar-refractivity contribution in [2.75, 3.05) is 18.0 Å². The first-order valence-electron chi connectivity index (χ1n) is 7.67. The normalized spacial score (nSPS) is 16.4. The lowest BCUT2D eigenvalue weighted by atomic mass is 10.0. The van der Waals surface area contributed by atoms with Crippen molar-refractivity contribution in [1.82, 2.24) is 10.3 Å². The second-order valence-electron chi connectivity index (χ2n) is 5.77. The number of aryl methyl sites for hydroxylation is 2. The fourth-order valence-electron chi connectivity index (χ4n) is 2.97. The molecule has 3 nitrogen and oxygen atoms in total. The van der Waals surface area contributed by atoms with E-state index in [4.69, 9.17) is 0 Å². The molecular weight excluding hydrogens is 278 g/mol. The van der Waals surface area contributed by atoms with Gasteiger partial charge in [-0.05, 0) is 50.5 Å². The van der Waals surface area contributed by atoms with E-state index in [0.717, 1.165) is 25.5 Å². The number of pyridine rings is 1. The number of hydrogen-bond acceptors (Lipinski definition) is 4. The van der Waals surface area contributed by atoms with Crippen LogP contribution in [0.3, 0.4) is 0 Å². The highest BCUT2D eigenvalue weighted by Gasteiger charge is 2.19. The molecule has 0 amide bonds. The molecule has 0 atom stereocenters. The van der Waals surface area contributed by atoms with E-state index in [9.17, 15) is 0 Å².